The zero-order valence-corrected chi connectivity index (χ0v) is 62.7. The Morgan fingerprint density at radius 1 is 0.274 bits per heavy atom. The largest absolute Gasteiger partial charge is 0.338 e. The van der Waals surface area contributed by atoms with E-state index in [2.05, 4.69) is 419 Å². The first-order chi connectivity index (χ1) is 56.0. The highest BCUT2D eigenvalue weighted by Gasteiger charge is 2.48. The Labute approximate surface area is 664 Å². The van der Waals surface area contributed by atoms with Gasteiger partial charge in [0, 0.05) is 96.7 Å². The SMILES string of the molecule is Fc1cccc(-c2ccccc2)c1N1c2cc3c(cc2B2c4ccccc4N(Cc4c(-c5ccccc5)cccc4-c4ccccc4)c4cc(N(Cc5c(-c6ccccc6)cccc5-c5ccccc5)c5ccccc5)cc1c42)B1c2ccccc2N(c2ccccc2)c2cc(N(c4ccccc4)c4ccccc4)cc(c21)S3. The molecular formula is C104H72B2FN5S. The van der Waals surface area contributed by atoms with Gasteiger partial charge in [-0.2, -0.15) is 0 Å². The topological polar surface area (TPSA) is 16.2 Å². The lowest BCUT2D eigenvalue weighted by Gasteiger charge is -2.46. The van der Waals surface area contributed by atoms with Gasteiger partial charge in [-0.3, -0.25) is 0 Å². The van der Waals surface area contributed by atoms with Crippen LogP contribution in [0.2, 0.25) is 0 Å². The minimum absolute atomic E-state index is 0.209. The lowest BCUT2D eigenvalue weighted by Crippen LogP contribution is -2.64. The van der Waals surface area contributed by atoms with Gasteiger partial charge in [-0.15, -0.1) is 0 Å². The van der Waals surface area contributed by atoms with Gasteiger partial charge in [0.2, 0.25) is 6.71 Å². The van der Waals surface area contributed by atoms with Gasteiger partial charge in [0.15, 0.2) is 0 Å². The Kier molecular flexibility index (Phi) is 17.0. The molecule has 4 heterocycles. The van der Waals surface area contributed by atoms with E-state index in [-0.39, 0.29) is 19.2 Å². The molecule has 0 fully saturated rings. The van der Waals surface area contributed by atoms with Crippen LogP contribution in [0.1, 0.15) is 11.1 Å². The third-order valence-corrected chi connectivity index (χ3v) is 24.3. The number of halogens is 1. The highest BCUT2D eigenvalue weighted by Crippen LogP contribution is 2.53. The van der Waals surface area contributed by atoms with Gasteiger partial charge in [0.05, 0.1) is 5.69 Å². The van der Waals surface area contributed by atoms with Gasteiger partial charge < -0.3 is 24.5 Å². The van der Waals surface area contributed by atoms with Crippen molar-refractivity contribution < 1.29 is 4.39 Å². The van der Waals surface area contributed by atoms with Crippen molar-refractivity contribution in [2.24, 2.45) is 0 Å². The number of rotatable bonds is 16. The van der Waals surface area contributed by atoms with Crippen LogP contribution in [0, 0.1) is 5.82 Å². The second kappa shape index (κ2) is 28.5. The molecule has 4 aliphatic rings. The first kappa shape index (κ1) is 67.3. The minimum Gasteiger partial charge on any atom is -0.338 e. The zero-order chi connectivity index (χ0) is 74.9. The molecule has 113 heavy (non-hydrogen) atoms. The molecule has 0 N–H and O–H groups in total. The third kappa shape index (κ3) is 11.7. The molecule has 9 heteroatoms. The maximum atomic E-state index is 19.2. The molecule has 0 bridgehead atoms. The summed E-state index contributed by atoms with van der Waals surface area (Å²) in [6.07, 6.45) is 0. The van der Waals surface area contributed by atoms with Gasteiger partial charge in [-0.05, 0) is 186 Å². The quantitative estimate of drug-likeness (QED) is 0.0890. The summed E-state index contributed by atoms with van der Waals surface area (Å²) >= 11 is 1.83. The first-order valence-corrected chi connectivity index (χ1v) is 39.7. The first-order valence-electron chi connectivity index (χ1n) is 38.9. The van der Waals surface area contributed by atoms with Crippen LogP contribution in [0.3, 0.4) is 0 Å². The summed E-state index contributed by atoms with van der Waals surface area (Å²) in [5.41, 5.74) is 33.1. The van der Waals surface area contributed by atoms with Crippen molar-refractivity contribution in [2.45, 2.75) is 22.9 Å². The van der Waals surface area contributed by atoms with Gasteiger partial charge in [-0.1, -0.05) is 333 Å². The van der Waals surface area contributed by atoms with Crippen LogP contribution in [0.15, 0.2) is 422 Å². The standard InChI is InChI=1S/C104H72B2FN5S/c107-93-60-34-57-86(75-43-18-5-19-44-75)104(93)112-96-68-100-92(106-90-59-29-31-62-95(90)111(79-51-26-9-27-52-79)99-65-81(66-101(113-100)103(99)106)110(77-47-22-7-23-48-77)78-49-24-8-25-50-78)67-91(96)105-89-58-28-30-61-94(89)109(70-88-84(73-39-14-3-15-40-73)55-33-56-85(88)74-41-16-4-17-42-74)97-63-80(64-98(112)102(97)105)108(76-45-20-6-21-46-76)69-87-82(71-35-10-1-11-36-71)53-32-54-83(87)72-37-12-2-13-38-72/h1-68H,69-70H2. The maximum absolute atomic E-state index is 19.2. The van der Waals surface area contributed by atoms with Crippen LogP contribution in [-0.2, 0) is 13.1 Å². The van der Waals surface area contributed by atoms with E-state index < -0.39 is 0 Å². The second-order valence-corrected chi connectivity index (χ2v) is 30.5. The van der Waals surface area contributed by atoms with E-state index >= 15 is 4.39 Å². The van der Waals surface area contributed by atoms with Crippen molar-refractivity contribution in [3.63, 3.8) is 0 Å². The van der Waals surface area contributed by atoms with E-state index in [4.69, 9.17) is 0 Å². The number of hydrogen-bond donors (Lipinski definition) is 0. The summed E-state index contributed by atoms with van der Waals surface area (Å²) in [6, 6.07) is 149. The normalized spacial score (nSPS) is 12.6. The smallest absolute Gasteiger partial charge is 0.252 e. The van der Waals surface area contributed by atoms with Crippen LogP contribution >= 0.6 is 11.8 Å². The molecule has 0 unspecified atom stereocenters. The summed E-state index contributed by atoms with van der Waals surface area (Å²) < 4.78 is 19.2. The van der Waals surface area contributed by atoms with Crippen molar-refractivity contribution in [1.29, 1.82) is 0 Å². The Hall–Kier alpha value is -13.9. The predicted octanol–water partition coefficient (Wildman–Crippen LogP) is 23.7. The fourth-order valence-corrected chi connectivity index (χ4v) is 19.5. The van der Waals surface area contributed by atoms with Crippen molar-refractivity contribution >= 4 is 132 Å². The van der Waals surface area contributed by atoms with Crippen molar-refractivity contribution in [3.8, 4) is 55.6 Å². The van der Waals surface area contributed by atoms with E-state index in [1.54, 1.807) is 6.07 Å². The molecule has 17 aromatic rings. The zero-order valence-electron chi connectivity index (χ0n) is 61.9. The number of hydrogen-bond acceptors (Lipinski definition) is 6. The fourth-order valence-electron chi connectivity index (χ4n) is 18.3. The van der Waals surface area contributed by atoms with Crippen LogP contribution in [0.4, 0.5) is 78.3 Å². The molecule has 0 atom stereocenters. The third-order valence-electron chi connectivity index (χ3n) is 23.1. The summed E-state index contributed by atoms with van der Waals surface area (Å²) in [4.78, 5) is 14.6. The van der Waals surface area contributed by atoms with Crippen LogP contribution in [0.5, 0.6) is 0 Å². The highest BCUT2D eigenvalue weighted by atomic mass is 32.2. The molecule has 0 aromatic heterocycles. The summed E-state index contributed by atoms with van der Waals surface area (Å²) in [5.74, 6) is -0.328. The molecule has 0 radical (unpaired) electrons. The number of nitrogens with zero attached hydrogens (tertiary/aromatic N) is 5. The van der Waals surface area contributed by atoms with Crippen LogP contribution in [0.25, 0.3) is 55.6 Å². The fraction of sp³-hybridized carbons (Fsp3) is 0.0192. The lowest BCUT2D eigenvalue weighted by molar-refractivity contribution is 0.629. The molecule has 4 aliphatic heterocycles. The second-order valence-electron chi connectivity index (χ2n) is 29.5. The van der Waals surface area contributed by atoms with Crippen LogP contribution in [-0.4, -0.2) is 13.4 Å². The molecule has 0 saturated carbocycles. The molecule has 532 valence electrons. The predicted molar refractivity (Wildman–Crippen MR) is 475 cm³/mol. The van der Waals surface area contributed by atoms with E-state index in [9.17, 15) is 0 Å². The van der Waals surface area contributed by atoms with Crippen molar-refractivity contribution in [1.82, 2.24) is 0 Å². The molecule has 0 aliphatic carbocycles. The summed E-state index contributed by atoms with van der Waals surface area (Å²) in [6.45, 7) is 0.401. The van der Waals surface area contributed by atoms with Crippen molar-refractivity contribution in [2.75, 3.05) is 24.5 Å². The Bertz CT molecular complexity index is 6290. The average Bonchev–Trinajstić information content (AvgIpc) is 0.686. The average molecular weight is 1460 g/mol. The summed E-state index contributed by atoms with van der Waals surface area (Å²) in [7, 11) is 0. The van der Waals surface area contributed by atoms with Gasteiger partial charge in [0.25, 0.3) is 6.71 Å². The van der Waals surface area contributed by atoms with E-state index in [1.807, 2.05) is 23.9 Å². The van der Waals surface area contributed by atoms with E-state index in [0.717, 1.165) is 145 Å². The number of benzene rings is 17. The molecular weight excluding hydrogens is 1390 g/mol. The monoisotopic (exact) mass is 1460 g/mol. The molecule has 17 aromatic carbocycles. The number of para-hydroxylation sites is 7. The molecule has 5 nitrogen and oxygen atoms in total. The minimum atomic E-state index is -0.352. The van der Waals surface area contributed by atoms with Gasteiger partial charge >= 0.3 is 0 Å². The number of anilines is 13. The Balaban J connectivity index is 0.868. The number of fused-ring (bicyclic) bond motifs is 8. The van der Waals surface area contributed by atoms with Crippen LogP contribution < -0.4 is 57.3 Å². The lowest BCUT2D eigenvalue weighted by atomic mass is 9.31. The molecule has 0 spiro atoms. The van der Waals surface area contributed by atoms with Gasteiger partial charge in [-0.25, -0.2) is 4.39 Å². The Morgan fingerprint density at radius 3 is 1.24 bits per heavy atom. The van der Waals surface area contributed by atoms with E-state index in [0.29, 0.717) is 18.8 Å². The van der Waals surface area contributed by atoms with Gasteiger partial charge in [0.1, 0.15) is 5.82 Å². The summed E-state index contributed by atoms with van der Waals surface area (Å²) in [5, 5.41) is 0. The molecule has 0 saturated heterocycles. The molecule has 21 rings (SSSR count). The van der Waals surface area contributed by atoms with Crippen molar-refractivity contribution in [3.05, 3.63) is 429 Å². The highest BCUT2D eigenvalue weighted by molar-refractivity contribution is 8.00. The Morgan fingerprint density at radius 2 is 0.690 bits per heavy atom. The molecule has 0 amide bonds. The van der Waals surface area contributed by atoms with E-state index in [1.165, 1.54) is 33.0 Å². The maximum Gasteiger partial charge on any atom is 0.252 e.